The van der Waals surface area contributed by atoms with E-state index in [0.29, 0.717) is 17.0 Å². The van der Waals surface area contributed by atoms with Gasteiger partial charge in [0.15, 0.2) is 6.61 Å². The highest BCUT2D eigenvalue weighted by Gasteiger charge is 2.06. The maximum atomic E-state index is 11.9. The molecule has 0 heterocycles. The minimum absolute atomic E-state index is 0.343. The van der Waals surface area contributed by atoms with Crippen LogP contribution in [0.2, 0.25) is 0 Å². The summed E-state index contributed by atoms with van der Waals surface area (Å²) in [7, 11) is 0. The van der Waals surface area contributed by atoms with E-state index in [1.807, 2.05) is 25.1 Å². The Morgan fingerprint density at radius 2 is 2.04 bits per heavy atom. The number of para-hydroxylation sites is 1. The Morgan fingerprint density at radius 1 is 1.28 bits per heavy atom. The van der Waals surface area contributed by atoms with Gasteiger partial charge in [-0.3, -0.25) is 0 Å². The third kappa shape index (κ3) is 5.92. The number of aryl methyl sites for hydroxylation is 1. The number of aliphatic carboxylic acids is 1. The van der Waals surface area contributed by atoms with Gasteiger partial charge in [0.1, 0.15) is 5.75 Å². The number of hydrogen-bond acceptors (Lipinski definition) is 4. The second-order valence-corrected chi connectivity index (χ2v) is 5.92. The zero-order valence-electron chi connectivity index (χ0n) is 13.3. The molecular weight excluding hydrogens is 390 g/mol. The standard InChI is InChI=1S/C17H16BrN3O4/c1-11-4-2-3-5-14(11)20-17(24)21-19-9-12-8-13(18)6-7-15(12)25-10-16(22)23/h2-9H,10H2,1H3,(H,22,23)(H2,20,21,24). The number of ether oxygens (including phenoxy) is 1. The summed E-state index contributed by atoms with van der Waals surface area (Å²) in [6, 6.07) is 11.9. The lowest BCUT2D eigenvalue weighted by atomic mass is 10.2. The highest BCUT2D eigenvalue weighted by Crippen LogP contribution is 2.21. The zero-order chi connectivity index (χ0) is 18.2. The molecule has 0 saturated carbocycles. The molecule has 0 saturated heterocycles. The average Bonchev–Trinajstić information content (AvgIpc) is 2.56. The molecule has 8 heteroatoms. The van der Waals surface area contributed by atoms with Gasteiger partial charge in [-0.2, -0.15) is 5.10 Å². The molecule has 0 aliphatic carbocycles. The molecule has 0 aliphatic rings. The number of carboxylic acids is 1. The Bertz CT molecular complexity index is 808. The Labute approximate surface area is 152 Å². The first-order chi connectivity index (χ1) is 12.0. The summed E-state index contributed by atoms with van der Waals surface area (Å²) < 4.78 is 5.95. The molecule has 7 nitrogen and oxygen atoms in total. The lowest BCUT2D eigenvalue weighted by molar-refractivity contribution is -0.139. The van der Waals surface area contributed by atoms with Crippen molar-refractivity contribution in [2.24, 2.45) is 5.10 Å². The number of halogens is 1. The fourth-order valence-corrected chi connectivity index (χ4v) is 2.29. The van der Waals surface area contributed by atoms with Crippen LogP contribution in [0, 0.1) is 6.92 Å². The first-order valence-electron chi connectivity index (χ1n) is 7.25. The van der Waals surface area contributed by atoms with Crippen LogP contribution in [0.4, 0.5) is 10.5 Å². The van der Waals surface area contributed by atoms with E-state index in [1.165, 1.54) is 6.21 Å². The number of carboxylic acid groups (broad SMARTS) is 1. The number of urea groups is 1. The van der Waals surface area contributed by atoms with Crippen molar-refractivity contribution in [3.05, 3.63) is 58.1 Å². The van der Waals surface area contributed by atoms with E-state index in [-0.39, 0.29) is 0 Å². The van der Waals surface area contributed by atoms with Gasteiger partial charge < -0.3 is 15.2 Å². The van der Waals surface area contributed by atoms with E-state index < -0.39 is 18.6 Å². The fourth-order valence-electron chi connectivity index (χ4n) is 1.91. The van der Waals surface area contributed by atoms with Gasteiger partial charge in [-0.1, -0.05) is 34.1 Å². The molecule has 0 aliphatic heterocycles. The van der Waals surface area contributed by atoms with Crippen molar-refractivity contribution < 1.29 is 19.4 Å². The normalized spacial score (nSPS) is 10.5. The summed E-state index contributed by atoms with van der Waals surface area (Å²) >= 11 is 3.32. The Hall–Kier alpha value is -2.87. The number of hydrazone groups is 1. The molecule has 25 heavy (non-hydrogen) atoms. The molecule has 130 valence electrons. The van der Waals surface area contributed by atoms with Gasteiger partial charge in [0.2, 0.25) is 0 Å². The second-order valence-electron chi connectivity index (χ2n) is 5.00. The van der Waals surface area contributed by atoms with Crippen molar-refractivity contribution in [3.8, 4) is 5.75 Å². The first kappa shape index (κ1) is 18.5. The second kappa shape index (κ2) is 8.84. The highest BCUT2D eigenvalue weighted by molar-refractivity contribution is 9.10. The average molecular weight is 406 g/mol. The minimum atomic E-state index is -1.08. The van der Waals surface area contributed by atoms with Gasteiger partial charge >= 0.3 is 12.0 Å². The molecule has 2 amide bonds. The number of nitrogens with one attached hydrogen (secondary N) is 2. The molecule has 0 fully saturated rings. The molecule has 0 spiro atoms. The molecular formula is C17H16BrN3O4. The summed E-state index contributed by atoms with van der Waals surface area (Å²) in [5, 5.41) is 15.2. The third-order valence-electron chi connectivity index (χ3n) is 3.09. The van der Waals surface area contributed by atoms with Gasteiger partial charge in [0.05, 0.1) is 6.21 Å². The summed E-state index contributed by atoms with van der Waals surface area (Å²) in [4.78, 5) is 22.5. The smallest absolute Gasteiger partial charge is 0.341 e. The number of carbonyl (C=O) groups is 2. The predicted octanol–water partition coefficient (Wildman–Crippen LogP) is 3.38. The van der Waals surface area contributed by atoms with Crippen molar-refractivity contribution in [2.75, 3.05) is 11.9 Å². The van der Waals surface area contributed by atoms with Crippen LogP contribution >= 0.6 is 15.9 Å². The molecule has 2 rings (SSSR count). The van der Waals surface area contributed by atoms with Crippen LogP contribution in [0.3, 0.4) is 0 Å². The van der Waals surface area contributed by atoms with E-state index >= 15 is 0 Å². The van der Waals surface area contributed by atoms with Crippen molar-refractivity contribution >= 4 is 39.8 Å². The van der Waals surface area contributed by atoms with Gasteiger partial charge in [-0.15, -0.1) is 0 Å². The Balaban J connectivity index is 2.01. The van der Waals surface area contributed by atoms with Crippen LogP contribution in [-0.2, 0) is 4.79 Å². The van der Waals surface area contributed by atoms with E-state index in [2.05, 4.69) is 31.8 Å². The van der Waals surface area contributed by atoms with Crippen molar-refractivity contribution in [3.63, 3.8) is 0 Å². The molecule has 0 radical (unpaired) electrons. The lowest BCUT2D eigenvalue weighted by Crippen LogP contribution is -2.24. The van der Waals surface area contributed by atoms with Crippen LogP contribution in [0.25, 0.3) is 0 Å². The number of hydrogen-bond donors (Lipinski definition) is 3. The molecule has 0 unspecified atom stereocenters. The summed E-state index contributed by atoms with van der Waals surface area (Å²) in [6.07, 6.45) is 1.37. The highest BCUT2D eigenvalue weighted by atomic mass is 79.9. The predicted molar refractivity (Wildman–Crippen MR) is 98.2 cm³/mol. The maximum absolute atomic E-state index is 11.9. The molecule has 3 N–H and O–H groups in total. The molecule has 2 aromatic carbocycles. The van der Waals surface area contributed by atoms with Crippen molar-refractivity contribution in [2.45, 2.75) is 6.92 Å². The first-order valence-corrected chi connectivity index (χ1v) is 8.05. The lowest BCUT2D eigenvalue weighted by Gasteiger charge is -2.08. The van der Waals surface area contributed by atoms with E-state index in [0.717, 1.165) is 10.0 Å². The summed E-state index contributed by atoms with van der Waals surface area (Å²) in [6.45, 7) is 1.41. The van der Waals surface area contributed by atoms with Crippen LogP contribution < -0.4 is 15.5 Å². The maximum Gasteiger partial charge on any atom is 0.341 e. The molecule has 2 aromatic rings. The van der Waals surface area contributed by atoms with Gasteiger partial charge in [-0.25, -0.2) is 15.0 Å². The van der Waals surface area contributed by atoms with Gasteiger partial charge in [-0.05, 0) is 36.8 Å². The minimum Gasteiger partial charge on any atom is -0.481 e. The van der Waals surface area contributed by atoms with Gasteiger partial charge in [0, 0.05) is 15.7 Å². The van der Waals surface area contributed by atoms with Crippen molar-refractivity contribution in [1.82, 2.24) is 5.43 Å². The van der Waals surface area contributed by atoms with Crippen LogP contribution in [0.15, 0.2) is 52.0 Å². The van der Waals surface area contributed by atoms with Crippen LogP contribution in [0.1, 0.15) is 11.1 Å². The van der Waals surface area contributed by atoms with E-state index in [4.69, 9.17) is 9.84 Å². The number of benzene rings is 2. The largest absolute Gasteiger partial charge is 0.481 e. The number of nitrogens with zero attached hydrogens (tertiary/aromatic N) is 1. The summed E-state index contributed by atoms with van der Waals surface area (Å²) in [5.74, 6) is -0.739. The number of rotatable bonds is 6. The monoisotopic (exact) mass is 405 g/mol. The molecule has 0 atom stereocenters. The zero-order valence-corrected chi connectivity index (χ0v) is 14.9. The Morgan fingerprint density at radius 3 is 2.76 bits per heavy atom. The third-order valence-corrected chi connectivity index (χ3v) is 3.58. The van der Waals surface area contributed by atoms with E-state index in [1.54, 1.807) is 24.3 Å². The SMILES string of the molecule is Cc1ccccc1NC(=O)NN=Cc1cc(Br)ccc1OCC(=O)O. The van der Waals surface area contributed by atoms with Crippen LogP contribution in [-0.4, -0.2) is 29.9 Å². The topological polar surface area (TPSA) is 100 Å². The van der Waals surface area contributed by atoms with Crippen molar-refractivity contribution in [1.29, 1.82) is 0 Å². The molecule has 0 aromatic heterocycles. The molecule has 0 bridgehead atoms. The number of amides is 2. The van der Waals surface area contributed by atoms with E-state index in [9.17, 15) is 9.59 Å². The Kier molecular flexibility index (Phi) is 6.53. The number of carbonyl (C=O) groups excluding carboxylic acids is 1. The van der Waals surface area contributed by atoms with Gasteiger partial charge in [0.25, 0.3) is 0 Å². The van der Waals surface area contributed by atoms with Crippen LogP contribution in [0.5, 0.6) is 5.75 Å². The summed E-state index contributed by atoms with van der Waals surface area (Å²) in [5.41, 5.74) is 4.48. The number of anilines is 1. The fraction of sp³-hybridized carbons (Fsp3) is 0.118. The quantitative estimate of drug-likeness (QED) is 0.506.